The van der Waals surface area contributed by atoms with Crippen LogP contribution in [0.2, 0.25) is 0 Å². The molecule has 1 aromatic rings. The van der Waals surface area contributed by atoms with Crippen molar-refractivity contribution in [1.29, 1.82) is 0 Å². The van der Waals surface area contributed by atoms with Gasteiger partial charge in [-0.05, 0) is 49.4 Å². The number of amides is 2. The molecule has 0 bridgehead atoms. The van der Waals surface area contributed by atoms with E-state index in [1.54, 1.807) is 17.0 Å². The lowest BCUT2D eigenvalue weighted by Crippen LogP contribution is -2.38. The maximum atomic E-state index is 12.4. The Labute approximate surface area is 141 Å². The Hall–Kier alpha value is -1.93. The summed E-state index contributed by atoms with van der Waals surface area (Å²) in [7, 11) is -3.76. The van der Waals surface area contributed by atoms with Gasteiger partial charge >= 0.3 is 0 Å². The molecule has 1 aromatic carbocycles. The highest BCUT2D eigenvalue weighted by Gasteiger charge is 2.25. The summed E-state index contributed by atoms with van der Waals surface area (Å²) >= 11 is 0. The van der Waals surface area contributed by atoms with Gasteiger partial charge in [0, 0.05) is 25.2 Å². The van der Waals surface area contributed by atoms with Gasteiger partial charge in [0.1, 0.15) is 0 Å². The van der Waals surface area contributed by atoms with Gasteiger partial charge in [-0.15, -0.1) is 0 Å². The third-order valence-electron chi connectivity index (χ3n) is 4.23. The monoisotopic (exact) mass is 351 g/mol. The lowest BCUT2D eigenvalue weighted by atomic mass is 10.0. The van der Waals surface area contributed by atoms with Crippen LogP contribution in [0.3, 0.4) is 0 Å². The van der Waals surface area contributed by atoms with Crippen molar-refractivity contribution < 1.29 is 18.0 Å². The molecule has 0 radical (unpaired) electrons. The molecule has 0 saturated heterocycles. The SMILES string of the molecule is CC(=O)N1CCCc2cc(S(=O)(=O)NCC(=O)NC3CC3)ccc21. The fourth-order valence-corrected chi connectivity index (χ4v) is 3.85. The van der Waals surface area contributed by atoms with Crippen LogP contribution in [-0.4, -0.2) is 39.4 Å². The molecule has 24 heavy (non-hydrogen) atoms. The number of nitrogens with zero attached hydrogens (tertiary/aromatic N) is 1. The zero-order valence-corrected chi connectivity index (χ0v) is 14.4. The number of carbonyl (C=O) groups excluding carboxylic acids is 2. The number of hydrogen-bond acceptors (Lipinski definition) is 4. The van der Waals surface area contributed by atoms with Gasteiger partial charge in [0.05, 0.1) is 11.4 Å². The standard InChI is InChI=1S/C16H21N3O4S/c1-11(20)19-8-2-3-12-9-14(6-7-15(12)19)24(22,23)17-10-16(21)18-13-4-5-13/h6-7,9,13,17H,2-5,8,10H2,1H3,(H,18,21). The summed E-state index contributed by atoms with van der Waals surface area (Å²) in [4.78, 5) is 25.1. The largest absolute Gasteiger partial charge is 0.352 e. The number of hydrogen-bond donors (Lipinski definition) is 2. The van der Waals surface area contributed by atoms with Crippen molar-refractivity contribution in [3.63, 3.8) is 0 Å². The Morgan fingerprint density at radius 2 is 2.04 bits per heavy atom. The van der Waals surface area contributed by atoms with E-state index in [2.05, 4.69) is 10.0 Å². The minimum Gasteiger partial charge on any atom is -0.352 e. The average molecular weight is 351 g/mol. The first kappa shape index (κ1) is 16.9. The molecule has 7 nitrogen and oxygen atoms in total. The maximum Gasteiger partial charge on any atom is 0.241 e. The number of benzene rings is 1. The predicted octanol–water partition coefficient (Wildman–Crippen LogP) is 0.543. The molecule has 1 heterocycles. The molecule has 1 aliphatic heterocycles. The van der Waals surface area contributed by atoms with E-state index >= 15 is 0 Å². The number of anilines is 1. The van der Waals surface area contributed by atoms with Gasteiger partial charge in [0.25, 0.3) is 0 Å². The molecule has 2 aliphatic rings. The average Bonchev–Trinajstić information content (AvgIpc) is 3.35. The molecular formula is C16H21N3O4S. The van der Waals surface area contributed by atoms with Crippen LogP contribution in [0, 0.1) is 0 Å². The quantitative estimate of drug-likeness (QED) is 0.809. The number of rotatable bonds is 5. The van der Waals surface area contributed by atoms with Crippen LogP contribution < -0.4 is 14.9 Å². The van der Waals surface area contributed by atoms with Crippen molar-refractivity contribution in [3.05, 3.63) is 23.8 Å². The zero-order valence-electron chi connectivity index (χ0n) is 13.5. The van der Waals surface area contributed by atoms with E-state index in [1.807, 2.05) is 0 Å². The highest BCUT2D eigenvalue weighted by Crippen LogP contribution is 2.29. The normalized spacial score (nSPS) is 17.3. The first-order valence-corrected chi connectivity index (χ1v) is 9.55. The van der Waals surface area contributed by atoms with Gasteiger partial charge in [0.15, 0.2) is 0 Å². The summed E-state index contributed by atoms with van der Waals surface area (Å²) in [5.74, 6) is -0.372. The third-order valence-corrected chi connectivity index (χ3v) is 5.62. The van der Waals surface area contributed by atoms with Crippen LogP contribution in [0.4, 0.5) is 5.69 Å². The van der Waals surface area contributed by atoms with Crippen LogP contribution >= 0.6 is 0 Å². The summed E-state index contributed by atoms with van der Waals surface area (Å²) < 4.78 is 27.1. The van der Waals surface area contributed by atoms with Crippen LogP contribution in [0.15, 0.2) is 23.1 Å². The van der Waals surface area contributed by atoms with Crippen LogP contribution in [0.25, 0.3) is 0 Å². The van der Waals surface area contributed by atoms with Crippen molar-refractivity contribution in [2.45, 2.75) is 43.5 Å². The van der Waals surface area contributed by atoms with Gasteiger partial charge < -0.3 is 10.2 Å². The minimum absolute atomic E-state index is 0.0542. The number of nitrogens with one attached hydrogen (secondary N) is 2. The third kappa shape index (κ3) is 3.76. The second kappa shape index (κ2) is 6.52. The van der Waals surface area contributed by atoms with E-state index in [0.717, 1.165) is 36.9 Å². The van der Waals surface area contributed by atoms with Gasteiger partial charge in [-0.1, -0.05) is 0 Å². The van der Waals surface area contributed by atoms with Crippen molar-refractivity contribution >= 4 is 27.5 Å². The van der Waals surface area contributed by atoms with E-state index in [4.69, 9.17) is 0 Å². The lowest BCUT2D eigenvalue weighted by molar-refractivity contribution is -0.120. The van der Waals surface area contributed by atoms with E-state index in [9.17, 15) is 18.0 Å². The molecule has 1 saturated carbocycles. The van der Waals surface area contributed by atoms with E-state index in [-0.39, 0.29) is 29.3 Å². The number of carbonyl (C=O) groups is 2. The fraction of sp³-hybridized carbons (Fsp3) is 0.500. The van der Waals surface area contributed by atoms with Crippen molar-refractivity contribution in [3.8, 4) is 0 Å². The van der Waals surface area contributed by atoms with Crippen LogP contribution in [0.5, 0.6) is 0 Å². The van der Waals surface area contributed by atoms with E-state index < -0.39 is 10.0 Å². The number of fused-ring (bicyclic) bond motifs is 1. The molecule has 1 fully saturated rings. The predicted molar refractivity (Wildman–Crippen MR) is 89.1 cm³/mol. The second-order valence-corrected chi connectivity index (χ2v) is 8.00. The Kier molecular flexibility index (Phi) is 4.60. The zero-order chi connectivity index (χ0) is 17.3. The maximum absolute atomic E-state index is 12.4. The van der Waals surface area contributed by atoms with Gasteiger partial charge in [-0.2, -0.15) is 0 Å². The molecule has 0 atom stereocenters. The minimum atomic E-state index is -3.76. The molecule has 1 aliphatic carbocycles. The highest BCUT2D eigenvalue weighted by atomic mass is 32.2. The number of aryl methyl sites for hydroxylation is 1. The van der Waals surface area contributed by atoms with Gasteiger partial charge in [-0.3, -0.25) is 9.59 Å². The summed E-state index contributed by atoms with van der Waals surface area (Å²) in [6, 6.07) is 4.92. The van der Waals surface area contributed by atoms with E-state index in [1.165, 1.54) is 13.0 Å². The Morgan fingerprint density at radius 1 is 1.29 bits per heavy atom. The molecule has 0 spiro atoms. The van der Waals surface area contributed by atoms with Crippen LogP contribution in [0.1, 0.15) is 31.7 Å². The summed E-state index contributed by atoms with van der Waals surface area (Å²) in [5, 5.41) is 2.74. The smallest absolute Gasteiger partial charge is 0.241 e. The lowest BCUT2D eigenvalue weighted by Gasteiger charge is -2.28. The molecule has 0 aromatic heterocycles. The Morgan fingerprint density at radius 3 is 2.71 bits per heavy atom. The molecular weight excluding hydrogens is 330 g/mol. The first-order chi connectivity index (χ1) is 11.4. The van der Waals surface area contributed by atoms with Crippen molar-refractivity contribution in [2.24, 2.45) is 0 Å². The summed E-state index contributed by atoms with van der Waals surface area (Å²) in [6.45, 7) is 1.88. The number of sulfonamides is 1. The molecule has 2 amide bonds. The Bertz CT molecular complexity index is 772. The van der Waals surface area contributed by atoms with Crippen LogP contribution in [-0.2, 0) is 26.0 Å². The summed E-state index contributed by atoms with van der Waals surface area (Å²) in [6.07, 6.45) is 3.43. The molecule has 8 heteroatoms. The van der Waals surface area contributed by atoms with Crippen molar-refractivity contribution in [1.82, 2.24) is 10.0 Å². The van der Waals surface area contributed by atoms with E-state index in [0.29, 0.717) is 6.54 Å². The molecule has 130 valence electrons. The molecule has 2 N–H and O–H groups in total. The Balaban J connectivity index is 1.73. The fourth-order valence-electron chi connectivity index (χ4n) is 2.82. The van der Waals surface area contributed by atoms with Gasteiger partial charge in [-0.25, -0.2) is 13.1 Å². The molecule has 0 unspecified atom stereocenters. The summed E-state index contributed by atoms with van der Waals surface area (Å²) in [5.41, 5.74) is 1.60. The molecule has 3 rings (SSSR count). The highest BCUT2D eigenvalue weighted by molar-refractivity contribution is 7.89. The van der Waals surface area contributed by atoms with Crippen molar-refractivity contribution in [2.75, 3.05) is 18.0 Å². The topological polar surface area (TPSA) is 95.6 Å². The first-order valence-electron chi connectivity index (χ1n) is 8.07. The van der Waals surface area contributed by atoms with Gasteiger partial charge in [0.2, 0.25) is 21.8 Å². The second-order valence-electron chi connectivity index (χ2n) is 6.23.